The summed E-state index contributed by atoms with van der Waals surface area (Å²) < 4.78 is 44.4. The number of hydrogen-bond acceptors (Lipinski definition) is 6. The molecule has 2 aromatic carbocycles. The van der Waals surface area contributed by atoms with Crippen LogP contribution in [0.5, 0.6) is 0 Å². The molecule has 2 bridgehead atoms. The predicted octanol–water partition coefficient (Wildman–Crippen LogP) is 4.49. The standard InChI is InChI=1S/C21H22F3N3O4.C8H7NO2/c1-12(2)18(19(30)21(22,23)24)26-17(29)11-27-16(14-7-5-4-6-8-14)10-9-15(20(27)31)25-13(3)28;10-8-9-7-3-1-2-6(4-7)5-11-8/h4-10,12,18H,11H2,1-3H3,(H,25,28)(H,26,29);1-4H,5H2,(H,9,10). The molecule has 1 aliphatic heterocycles. The van der Waals surface area contributed by atoms with Crippen molar-refractivity contribution in [3.8, 4) is 11.3 Å². The first-order chi connectivity index (χ1) is 19.8. The second-order valence-corrected chi connectivity index (χ2v) is 9.62. The number of Topliss-reactive ketones (excluding diaryl/α,β-unsaturated/α-hetero) is 1. The van der Waals surface area contributed by atoms with Gasteiger partial charge < -0.3 is 15.4 Å². The van der Waals surface area contributed by atoms with Crippen LogP contribution in [0, 0.1) is 5.92 Å². The lowest BCUT2D eigenvalue weighted by Gasteiger charge is -2.23. The lowest BCUT2D eigenvalue weighted by molar-refractivity contribution is -0.174. The molecule has 0 aliphatic carbocycles. The third-order valence-corrected chi connectivity index (χ3v) is 5.94. The zero-order chi connectivity index (χ0) is 31.0. The number of fused-ring (bicyclic) bond motifs is 2. The second-order valence-electron chi connectivity index (χ2n) is 9.62. The number of nitrogens with zero attached hydrogens (tertiary/aromatic N) is 1. The molecule has 0 saturated carbocycles. The van der Waals surface area contributed by atoms with E-state index in [4.69, 9.17) is 4.74 Å². The molecule has 1 unspecified atom stereocenters. The quantitative estimate of drug-likeness (QED) is 0.373. The van der Waals surface area contributed by atoms with Crippen LogP contribution in [-0.4, -0.2) is 40.5 Å². The predicted molar refractivity (Wildman–Crippen MR) is 149 cm³/mol. The van der Waals surface area contributed by atoms with E-state index in [9.17, 15) is 37.1 Å². The number of carbonyl (C=O) groups excluding carboxylic acids is 4. The Labute approximate surface area is 238 Å². The van der Waals surface area contributed by atoms with Gasteiger partial charge in [0.2, 0.25) is 11.8 Å². The largest absolute Gasteiger partial charge is 0.452 e. The molecule has 1 aromatic heterocycles. The number of halogens is 3. The van der Waals surface area contributed by atoms with E-state index in [1.165, 1.54) is 32.9 Å². The van der Waals surface area contributed by atoms with Crippen molar-refractivity contribution in [2.45, 2.75) is 46.1 Å². The zero-order valence-electron chi connectivity index (χ0n) is 23.0. The van der Waals surface area contributed by atoms with Gasteiger partial charge in [0, 0.05) is 12.6 Å². The number of nitrogens with one attached hydrogen (secondary N) is 3. The number of benzene rings is 2. The normalized spacial score (nSPS) is 13.0. The Bertz CT molecular complexity index is 1520. The highest BCUT2D eigenvalue weighted by atomic mass is 19.4. The first kappa shape index (κ1) is 31.6. The van der Waals surface area contributed by atoms with E-state index in [2.05, 4.69) is 16.0 Å². The number of cyclic esters (lactones) is 1. The molecule has 0 spiro atoms. The van der Waals surface area contributed by atoms with E-state index in [0.29, 0.717) is 17.9 Å². The van der Waals surface area contributed by atoms with Gasteiger partial charge in [-0.3, -0.25) is 29.1 Å². The van der Waals surface area contributed by atoms with Gasteiger partial charge in [0.15, 0.2) is 0 Å². The molecule has 13 heteroatoms. The van der Waals surface area contributed by atoms with E-state index in [1.807, 2.05) is 24.3 Å². The van der Waals surface area contributed by atoms with Crippen LogP contribution >= 0.6 is 0 Å². The van der Waals surface area contributed by atoms with Crippen molar-refractivity contribution >= 4 is 35.1 Å². The van der Waals surface area contributed by atoms with Gasteiger partial charge in [0.1, 0.15) is 18.8 Å². The summed E-state index contributed by atoms with van der Waals surface area (Å²) in [5, 5.41) is 7.02. The number of amides is 3. The molecule has 2 heterocycles. The third-order valence-electron chi connectivity index (χ3n) is 5.94. The maximum atomic E-state index is 12.9. The minimum Gasteiger partial charge on any atom is -0.444 e. The molecule has 10 nitrogen and oxygen atoms in total. The van der Waals surface area contributed by atoms with Gasteiger partial charge in [-0.2, -0.15) is 13.2 Å². The van der Waals surface area contributed by atoms with E-state index in [0.717, 1.165) is 15.8 Å². The lowest BCUT2D eigenvalue weighted by atomic mass is 9.99. The average molecular weight is 587 g/mol. The van der Waals surface area contributed by atoms with Crippen molar-refractivity contribution < 1.29 is 37.1 Å². The molecule has 3 amide bonds. The van der Waals surface area contributed by atoms with Crippen molar-refractivity contribution in [1.82, 2.24) is 9.88 Å². The lowest BCUT2D eigenvalue weighted by Crippen LogP contribution is -2.50. The van der Waals surface area contributed by atoms with Crippen LogP contribution in [0.15, 0.2) is 71.5 Å². The molecular formula is C29H29F3N4O6. The first-order valence-corrected chi connectivity index (χ1v) is 12.8. The van der Waals surface area contributed by atoms with Gasteiger partial charge in [0.05, 0.1) is 11.7 Å². The molecule has 0 saturated heterocycles. The number of hydrogen-bond donors (Lipinski definition) is 3. The van der Waals surface area contributed by atoms with Crippen LogP contribution in [0.3, 0.4) is 0 Å². The Hall–Kier alpha value is -4.94. The molecule has 0 radical (unpaired) electrons. The van der Waals surface area contributed by atoms with Gasteiger partial charge in [-0.05, 0) is 41.3 Å². The van der Waals surface area contributed by atoms with Crippen LogP contribution in [0.2, 0.25) is 0 Å². The average Bonchev–Trinajstić information content (AvgIpc) is 3.05. The minimum absolute atomic E-state index is 0.0910. The molecule has 0 fully saturated rings. The molecule has 3 aromatic rings. The highest BCUT2D eigenvalue weighted by Crippen LogP contribution is 2.22. The van der Waals surface area contributed by atoms with Crippen molar-refractivity contribution in [2.24, 2.45) is 5.92 Å². The fourth-order valence-electron chi connectivity index (χ4n) is 4.00. The molecular weight excluding hydrogens is 557 g/mol. The summed E-state index contributed by atoms with van der Waals surface area (Å²) in [4.78, 5) is 59.2. The fourth-order valence-corrected chi connectivity index (χ4v) is 4.00. The SMILES string of the molecule is CC(=O)Nc1ccc(-c2ccccc2)n(CC(=O)NC(C(=O)C(F)(F)F)C(C)C)c1=O.O=C1Nc2cccc(c2)CO1. The molecule has 3 N–H and O–H groups in total. The fraction of sp³-hybridized carbons (Fsp3) is 0.276. The highest BCUT2D eigenvalue weighted by Gasteiger charge is 2.45. The van der Waals surface area contributed by atoms with E-state index in [1.54, 1.807) is 30.3 Å². The maximum Gasteiger partial charge on any atom is 0.452 e. The number of carbonyl (C=O) groups is 4. The first-order valence-electron chi connectivity index (χ1n) is 12.8. The topological polar surface area (TPSA) is 136 Å². The van der Waals surface area contributed by atoms with Crippen LogP contribution in [0.4, 0.5) is 29.3 Å². The van der Waals surface area contributed by atoms with Gasteiger partial charge in [-0.1, -0.05) is 56.3 Å². The highest BCUT2D eigenvalue weighted by molar-refractivity contribution is 5.93. The Balaban J connectivity index is 0.000000363. The maximum absolute atomic E-state index is 12.9. The summed E-state index contributed by atoms with van der Waals surface area (Å²) in [5.41, 5.74) is 1.90. The molecule has 4 rings (SSSR count). The monoisotopic (exact) mass is 586 g/mol. The summed E-state index contributed by atoms with van der Waals surface area (Å²) in [6.07, 6.45) is -5.49. The molecule has 42 heavy (non-hydrogen) atoms. The van der Waals surface area contributed by atoms with Crippen molar-refractivity contribution in [3.63, 3.8) is 0 Å². The van der Waals surface area contributed by atoms with E-state index in [-0.39, 0.29) is 11.8 Å². The van der Waals surface area contributed by atoms with Crippen LogP contribution in [-0.2, 0) is 32.3 Å². The Morgan fingerprint density at radius 1 is 1.00 bits per heavy atom. The summed E-state index contributed by atoms with van der Waals surface area (Å²) in [6, 6.07) is 17.2. The number of pyridine rings is 1. The van der Waals surface area contributed by atoms with Gasteiger partial charge in [0.25, 0.3) is 11.3 Å². The van der Waals surface area contributed by atoms with Gasteiger partial charge in [-0.15, -0.1) is 0 Å². The van der Waals surface area contributed by atoms with Crippen molar-refractivity contribution in [1.29, 1.82) is 0 Å². The number of anilines is 2. The van der Waals surface area contributed by atoms with Gasteiger partial charge in [-0.25, -0.2) is 4.79 Å². The van der Waals surface area contributed by atoms with Crippen molar-refractivity contribution in [2.75, 3.05) is 10.6 Å². The van der Waals surface area contributed by atoms with Gasteiger partial charge >= 0.3 is 12.3 Å². The summed E-state index contributed by atoms with van der Waals surface area (Å²) >= 11 is 0. The molecule has 1 aliphatic rings. The zero-order valence-corrected chi connectivity index (χ0v) is 23.0. The van der Waals surface area contributed by atoms with Crippen LogP contribution in [0.25, 0.3) is 11.3 Å². The molecule has 1 atom stereocenters. The Morgan fingerprint density at radius 3 is 2.31 bits per heavy atom. The molecule has 222 valence electrons. The summed E-state index contributed by atoms with van der Waals surface area (Å²) in [7, 11) is 0. The van der Waals surface area contributed by atoms with E-state index < -0.39 is 47.8 Å². The smallest absolute Gasteiger partial charge is 0.444 e. The number of rotatable bonds is 7. The van der Waals surface area contributed by atoms with Crippen LogP contribution in [0.1, 0.15) is 26.3 Å². The third kappa shape index (κ3) is 8.53. The summed E-state index contributed by atoms with van der Waals surface area (Å²) in [6.45, 7) is 3.66. The van der Waals surface area contributed by atoms with Crippen molar-refractivity contribution in [3.05, 3.63) is 82.6 Å². The summed E-state index contributed by atoms with van der Waals surface area (Å²) in [5.74, 6) is -4.35. The van der Waals surface area contributed by atoms with E-state index >= 15 is 0 Å². The Kier molecular flexibility index (Phi) is 10.2. The number of ketones is 1. The Morgan fingerprint density at radius 2 is 1.69 bits per heavy atom. The number of aromatic nitrogens is 1. The number of ether oxygens (including phenoxy) is 1. The second kappa shape index (κ2) is 13.6. The number of alkyl halides is 3. The van der Waals surface area contributed by atoms with Crippen LogP contribution < -0.4 is 21.5 Å². The minimum atomic E-state index is -5.11.